The minimum atomic E-state index is 0.462. The van der Waals surface area contributed by atoms with Crippen LogP contribution in [0.15, 0.2) is 18.2 Å². The van der Waals surface area contributed by atoms with Gasteiger partial charge in [-0.05, 0) is 51.2 Å². The van der Waals surface area contributed by atoms with Gasteiger partial charge in [0, 0.05) is 12.6 Å². The molecule has 0 amide bonds. The largest absolute Gasteiger partial charge is 0.491 e. The van der Waals surface area contributed by atoms with Gasteiger partial charge >= 0.3 is 0 Å². The van der Waals surface area contributed by atoms with E-state index in [2.05, 4.69) is 31.7 Å². The van der Waals surface area contributed by atoms with Crippen LogP contribution in [-0.2, 0) is 0 Å². The van der Waals surface area contributed by atoms with Gasteiger partial charge in [-0.3, -0.25) is 0 Å². The number of hydrogen-bond donors (Lipinski definition) is 1. The van der Waals surface area contributed by atoms with Gasteiger partial charge < -0.3 is 15.4 Å². The van der Waals surface area contributed by atoms with E-state index in [1.54, 1.807) is 0 Å². The van der Waals surface area contributed by atoms with Gasteiger partial charge in [-0.15, -0.1) is 0 Å². The normalized spacial score (nSPS) is 14.7. The summed E-state index contributed by atoms with van der Waals surface area (Å²) in [7, 11) is 0. The number of anilines is 2. The highest BCUT2D eigenvalue weighted by molar-refractivity contribution is 5.74. The SMILES string of the molecule is CCCOc1cccc(N(CC2CC2)C(C)C)c1N. The Morgan fingerprint density at radius 1 is 1.37 bits per heavy atom. The molecule has 0 aromatic heterocycles. The lowest BCUT2D eigenvalue weighted by Gasteiger charge is -2.30. The molecule has 1 aromatic rings. The van der Waals surface area contributed by atoms with E-state index in [0.717, 1.165) is 42.6 Å². The van der Waals surface area contributed by atoms with Gasteiger partial charge in [-0.2, -0.15) is 0 Å². The predicted octanol–water partition coefficient (Wildman–Crippen LogP) is 3.68. The Hall–Kier alpha value is -1.38. The first-order valence-corrected chi connectivity index (χ1v) is 7.41. The average molecular weight is 262 g/mol. The Kier molecular flexibility index (Phi) is 4.56. The summed E-state index contributed by atoms with van der Waals surface area (Å²) >= 11 is 0. The Balaban J connectivity index is 2.20. The van der Waals surface area contributed by atoms with Crippen LogP contribution in [0.1, 0.15) is 40.0 Å². The van der Waals surface area contributed by atoms with Gasteiger partial charge in [0.05, 0.1) is 18.0 Å². The molecule has 0 heterocycles. The smallest absolute Gasteiger partial charge is 0.144 e. The fourth-order valence-corrected chi connectivity index (χ4v) is 2.29. The van der Waals surface area contributed by atoms with E-state index in [9.17, 15) is 0 Å². The third-order valence-electron chi connectivity index (χ3n) is 3.59. The number of nitrogens with zero attached hydrogens (tertiary/aromatic N) is 1. The molecule has 19 heavy (non-hydrogen) atoms. The first kappa shape index (κ1) is 14.0. The molecule has 1 aromatic carbocycles. The third-order valence-corrected chi connectivity index (χ3v) is 3.59. The van der Waals surface area contributed by atoms with E-state index in [4.69, 9.17) is 10.5 Å². The third kappa shape index (κ3) is 3.55. The summed E-state index contributed by atoms with van der Waals surface area (Å²) in [5.74, 6) is 1.67. The van der Waals surface area contributed by atoms with Crippen LogP contribution >= 0.6 is 0 Å². The Morgan fingerprint density at radius 3 is 2.68 bits per heavy atom. The highest BCUT2D eigenvalue weighted by Gasteiger charge is 2.26. The van der Waals surface area contributed by atoms with Crippen LogP contribution in [0.4, 0.5) is 11.4 Å². The molecule has 0 bridgehead atoms. The first-order valence-electron chi connectivity index (χ1n) is 7.41. The number of para-hydroxylation sites is 1. The summed E-state index contributed by atoms with van der Waals surface area (Å²) < 4.78 is 5.73. The van der Waals surface area contributed by atoms with Crippen LogP contribution in [0.2, 0.25) is 0 Å². The number of ether oxygens (including phenoxy) is 1. The lowest BCUT2D eigenvalue weighted by Crippen LogP contribution is -2.33. The molecule has 3 heteroatoms. The van der Waals surface area contributed by atoms with Crippen LogP contribution in [0.5, 0.6) is 5.75 Å². The number of nitrogens with two attached hydrogens (primary N) is 1. The second-order valence-electron chi connectivity index (χ2n) is 5.73. The van der Waals surface area contributed by atoms with Crippen molar-refractivity contribution < 1.29 is 4.74 Å². The summed E-state index contributed by atoms with van der Waals surface area (Å²) in [6.07, 6.45) is 3.71. The maximum absolute atomic E-state index is 6.29. The molecule has 0 spiro atoms. The van der Waals surface area contributed by atoms with Crippen LogP contribution in [0.25, 0.3) is 0 Å². The van der Waals surface area contributed by atoms with Crippen LogP contribution in [-0.4, -0.2) is 19.2 Å². The fraction of sp³-hybridized carbons (Fsp3) is 0.625. The van der Waals surface area contributed by atoms with Crippen molar-refractivity contribution in [2.45, 2.75) is 46.1 Å². The molecule has 3 nitrogen and oxygen atoms in total. The van der Waals surface area contributed by atoms with E-state index in [1.165, 1.54) is 12.8 Å². The summed E-state index contributed by atoms with van der Waals surface area (Å²) in [6, 6.07) is 6.57. The van der Waals surface area contributed by atoms with Crippen molar-refractivity contribution in [2.75, 3.05) is 23.8 Å². The van der Waals surface area contributed by atoms with Gasteiger partial charge in [0.15, 0.2) is 0 Å². The number of hydrogen-bond acceptors (Lipinski definition) is 3. The van der Waals surface area contributed by atoms with Gasteiger partial charge in [-0.1, -0.05) is 13.0 Å². The molecule has 0 aliphatic heterocycles. The topological polar surface area (TPSA) is 38.5 Å². The average Bonchev–Trinajstić information content (AvgIpc) is 3.19. The molecule has 0 saturated heterocycles. The Bertz CT molecular complexity index is 413. The van der Waals surface area contributed by atoms with E-state index in [0.29, 0.717) is 6.04 Å². The molecular formula is C16H26N2O. The van der Waals surface area contributed by atoms with Gasteiger partial charge in [-0.25, -0.2) is 0 Å². The zero-order valence-corrected chi connectivity index (χ0v) is 12.4. The first-order chi connectivity index (χ1) is 9.13. The van der Waals surface area contributed by atoms with Crippen molar-refractivity contribution in [1.82, 2.24) is 0 Å². The molecule has 106 valence electrons. The lowest BCUT2D eigenvalue weighted by molar-refractivity contribution is 0.319. The predicted molar refractivity (Wildman–Crippen MR) is 81.8 cm³/mol. The van der Waals surface area contributed by atoms with Crippen LogP contribution in [0.3, 0.4) is 0 Å². The van der Waals surface area contributed by atoms with Crippen molar-refractivity contribution in [3.05, 3.63) is 18.2 Å². The monoisotopic (exact) mass is 262 g/mol. The second-order valence-corrected chi connectivity index (χ2v) is 5.73. The summed E-state index contributed by atoms with van der Waals surface area (Å²) in [5, 5.41) is 0. The van der Waals surface area contributed by atoms with E-state index >= 15 is 0 Å². The van der Waals surface area contributed by atoms with E-state index < -0.39 is 0 Å². The molecule has 0 radical (unpaired) electrons. The summed E-state index contributed by atoms with van der Waals surface area (Å²) in [6.45, 7) is 8.38. The zero-order chi connectivity index (χ0) is 13.8. The van der Waals surface area contributed by atoms with Crippen LogP contribution < -0.4 is 15.4 Å². The molecular weight excluding hydrogens is 236 g/mol. The van der Waals surface area contributed by atoms with Gasteiger partial charge in [0.25, 0.3) is 0 Å². The van der Waals surface area contributed by atoms with Crippen molar-refractivity contribution in [3.63, 3.8) is 0 Å². The standard InChI is InChI=1S/C16H26N2O/c1-4-10-19-15-7-5-6-14(16(15)17)18(12(2)3)11-13-8-9-13/h5-7,12-13H,4,8-11,17H2,1-3H3. The van der Waals surface area contributed by atoms with Crippen molar-refractivity contribution in [2.24, 2.45) is 5.92 Å². The molecule has 1 fully saturated rings. The van der Waals surface area contributed by atoms with E-state index in [-0.39, 0.29) is 0 Å². The molecule has 0 atom stereocenters. The quantitative estimate of drug-likeness (QED) is 0.762. The maximum atomic E-state index is 6.29. The number of benzene rings is 1. The number of nitrogen functional groups attached to an aromatic ring is 1. The van der Waals surface area contributed by atoms with Crippen molar-refractivity contribution in [1.29, 1.82) is 0 Å². The number of rotatable bonds is 7. The molecule has 0 unspecified atom stereocenters. The van der Waals surface area contributed by atoms with E-state index in [1.807, 2.05) is 12.1 Å². The summed E-state index contributed by atoms with van der Waals surface area (Å²) in [4.78, 5) is 2.41. The van der Waals surface area contributed by atoms with Gasteiger partial charge in [0.1, 0.15) is 5.75 Å². The maximum Gasteiger partial charge on any atom is 0.144 e. The molecule has 1 aliphatic rings. The minimum Gasteiger partial charge on any atom is -0.491 e. The minimum absolute atomic E-state index is 0.462. The highest BCUT2D eigenvalue weighted by Crippen LogP contribution is 2.37. The Morgan fingerprint density at radius 2 is 2.11 bits per heavy atom. The van der Waals surface area contributed by atoms with Crippen molar-refractivity contribution >= 4 is 11.4 Å². The molecule has 1 aliphatic carbocycles. The van der Waals surface area contributed by atoms with Crippen molar-refractivity contribution in [3.8, 4) is 5.75 Å². The molecule has 2 N–H and O–H groups in total. The molecule has 1 saturated carbocycles. The Labute approximate surface area is 116 Å². The second kappa shape index (κ2) is 6.18. The summed E-state index contributed by atoms with van der Waals surface area (Å²) in [5.41, 5.74) is 8.20. The fourth-order valence-electron chi connectivity index (χ4n) is 2.29. The zero-order valence-electron chi connectivity index (χ0n) is 12.4. The van der Waals surface area contributed by atoms with Gasteiger partial charge in [0.2, 0.25) is 0 Å². The highest BCUT2D eigenvalue weighted by atomic mass is 16.5. The lowest BCUT2D eigenvalue weighted by atomic mass is 10.1. The molecule has 2 rings (SSSR count). The van der Waals surface area contributed by atoms with Crippen LogP contribution in [0, 0.1) is 5.92 Å².